The Morgan fingerprint density at radius 1 is 0.867 bits per heavy atom. The van der Waals surface area contributed by atoms with Crippen molar-refractivity contribution in [1.29, 1.82) is 0 Å². The van der Waals surface area contributed by atoms with Crippen LogP contribution in [0.3, 0.4) is 0 Å². The molecule has 4 N–H and O–H groups in total. The number of benzene rings is 2. The maximum absolute atomic E-state index is 12.1. The minimum absolute atomic E-state index is 0.0761. The van der Waals surface area contributed by atoms with Crippen molar-refractivity contribution in [2.45, 2.75) is 13.8 Å². The smallest absolute Gasteiger partial charge is 0.279 e. The lowest BCUT2D eigenvalue weighted by atomic mass is 10.1. The molecule has 0 saturated heterocycles. The Morgan fingerprint density at radius 2 is 1.47 bits per heavy atom. The lowest BCUT2D eigenvalue weighted by molar-refractivity contribution is -0.862. The van der Waals surface area contributed by atoms with Crippen LogP contribution in [0.2, 0.25) is 0 Å². The second-order valence-corrected chi connectivity index (χ2v) is 7.18. The molecule has 0 aliphatic heterocycles. The summed E-state index contributed by atoms with van der Waals surface area (Å²) in [7, 11) is 3.31. The van der Waals surface area contributed by atoms with Gasteiger partial charge in [-0.15, -0.1) is 0 Å². The summed E-state index contributed by atoms with van der Waals surface area (Å²) in [6.07, 6.45) is 0. The van der Waals surface area contributed by atoms with Crippen LogP contribution in [0.1, 0.15) is 11.1 Å². The van der Waals surface area contributed by atoms with Gasteiger partial charge in [0.2, 0.25) is 5.91 Å². The van der Waals surface area contributed by atoms with Crippen LogP contribution >= 0.6 is 0 Å². The highest BCUT2D eigenvalue weighted by molar-refractivity contribution is 5.96. The average Bonchev–Trinajstić information content (AvgIpc) is 2.69. The zero-order valence-corrected chi connectivity index (χ0v) is 17.8. The third-order valence-electron chi connectivity index (χ3n) is 4.49. The van der Waals surface area contributed by atoms with Crippen LogP contribution < -0.4 is 25.6 Å². The van der Waals surface area contributed by atoms with Gasteiger partial charge < -0.3 is 25.6 Å². The van der Waals surface area contributed by atoms with Crippen molar-refractivity contribution in [2.75, 3.05) is 44.4 Å². The number of hydrogen-bond acceptors (Lipinski definition) is 4. The maximum atomic E-state index is 12.1. The van der Waals surface area contributed by atoms with Crippen LogP contribution in [0.5, 0.6) is 5.75 Å². The zero-order chi connectivity index (χ0) is 22.1. The highest BCUT2D eigenvalue weighted by Gasteiger charge is 2.15. The standard InChI is InChI=1S/C22H28N4O4/c1-15-6-5-7-16(2)22(15)25-19(27)12-23-20(28)13-26(3)14-21(29)24-17-8-10-18(30-4)11-9-17/h5-11H,12-14H2,1-4H3,(H,23,28)(H,24,29)(H,25,27)/p+1. The molecule has 1 unspecified atom stereocenters. The monoisotopic (exact) mass is 413 g/mol. The summed E-state index contributed by atoms with van der Waals surface area (Å²) in [5.74, 6) is -0.107. The predicted octanol–water partition coefficient (Wildman–Crippen LogP) is 0.520. The van der Waals surface area contributed by atoms with E-state index in [0.29, 0.717) is 16.3 Å². The summed E-state index contributed by atoms with van der Waals surface area (Å²) in [5, 5.41) is 8.19. The number of nitrogens with one attached hydrogen (secondary N) is 4. The molecule has 1 atom stereocenters. The summed E-state index contributed by atoms with van der Waals surface area (Å²) < 4.78 is 5.08. The Morgan fingerprint density at radius 3 is 2.07 bits per heavy atom. The van der Waals surface area contributed by atoms with Gasteiger partial charge in [0.15, 0.2) is 13.1 Å². The molecule has 0 radical (unpaired) electrons. The van der Waals surface area contributed by atoms with E-state index in [1.807, 2.05) is 32.0 Å². The highest BCUT2D eigenvalue weighted by atomic mass is 16.5. The summed E-state index contributed by atoms with van der Waals surface area (Å²) in [5.41, 5.74) is 3.33. The van der Waals surface area contributed by atoms with E-state index < -0.39 is 0 Å². The number of likely N-dealkylation sites (N-methyl/N-ethyl adjacent to an activating group) is 1. The summed E-state index contributed by atoms with van der Waals surface area (Å²) in [6, 6.07) is 12.7. The molecule has 8 nitrogen and oxygen atoms in total. The fourth-order valence-corrected chi connectivity index (χ4v) is 2.93. The van der Waals surface area contributed by atoms with Crippen LogP contribution in [0, 0.1) is 13.8 Å². The summed E-state index contributed by atoms with van der Waals surface area (Å²) >= 11 is 0. The first-order valence-corrected chi connectivity index (χ1v) is 9.66. The molecule has 0 aromatic heterocycles. The molecule has 0 aliphatic rings. The van der Waals surface area contributed by atoms with Crippen molar-refractivity contribution in [3.63, 3.8) is 0 Å². The van der Waals surface area contributed by atoms with Crippen molar-refractivity contribution < 1.29 is 24.0 Å². The number of carbonyl (C=O) groups is 3. The van der Waals surface area contributed by atoms with E-state index in [2.05, 4.69) is 16.0 Å². The Kier molecular flexibility index (Phi) is 8.37. The lowest BCUT2D eigenvalue weighted by Gasteiger charge is -2.14. The molecule has 2 rings (SSSR count). The Bertz CT molecular complexity index is 876. The number of methoxy groups -OCH3 is 1. The van der Waals surface area contributed by atoms with E-state index in [1.165, 1.54) is 0 Å². The molecular formula is C22H29N4O4+. The molecule has 160 valence electrons. The molecule has 0 spiro atoms. The third kappa shape index (κ3) is 7.21. The van der Waals surface area contributed by atoms with Gasteiger partial charge in [-0.2, -0.15) is 0 Å². The largest absolute Gasteiger partial charge is 0.497 e. The average molecular weight is 413 g/mol. The van der Waals surface area contributed by atoms with E-state index in [-0.39, 0.29) is 37.4 Å². The predicted molar refractivity (Wildman–Crippen MR) is 116 cm³/mol. The van der Waals surface area contributed by atoms with Crippen molar-refractivity contribution in [1.82, 2.24) is 5.32 Å². The second kappa shape index (κ2) is 11.0. The molecule has 30 heavy (non-hydrogen) atoms. The van der Waals surface area contributed by atoms with Crippen LogP contribution in [0.4, 0.5) is 11.4 Å². The second-order valence-electron chi connectivity index (χ2n) is 7.18. The zero-order valence-electron chi connectivity index (χ0n) is 17.8. The molecule has 0 fully saturated rings. The number of amides is 3. The lowest BCUT2D eigenvalue weighted by Crippen LogP contribution is -3.11. The number of para-hydroxylation sites is 1. The maximum Gasteiger partial charge on any atom is 0.279 e. The number of ether oxygens (including phenoxy) is 1. The van der Waals surface area contributed by atoms with Crippen molar-refractivity contribution in [3.8, 4) is 5.75 Å². The topological polar surface area (TPSA) is 101 Å². The Hall–Kier alpha value is -3.39. The van der Waals surface area contributed by atoms with Gasteiger partial charge >= 0.3 is 0 Å². The van der Waals surface area contributed by atoms with E-state index >= 15 is 0 Å². The van der Waals surface area contributed by atoms with Crippen LogP contribution in [0.15, 0.2) is 42.5 Å². The van der Waals surface area contributed by atoms with Gasteiger partial charge in [-0.05, 0) is 49.2 Å². The van der Waals surface area contributed by atoms with Gasteiger partial charge in [-0.25, -0.2) is 0 Å². The van der Waals surface area contributed by atoms with Crippen molar-refractivity contribution in [3.05, 3.63) is 53.6 Å². The quantitative estimate of drug-likeness (QED) is 0.482. The minimum atomic E-state index is -0.304. The van der Waals surface area contributed by atoms with Crippen molar-refractivity contribution in [2.24, 2.45) is 0 Å². The van der Waals surface area contributed by atoms with Gasteiger partial charge in [0.25, 0.3) is 11.8 Å². The fourth-order valence-electron chi connectivity index (χ4n) is 2.93. The van der Waals surface area contributed by atoms with Crippen molar-refractivity contribution >= 4 is 29.1 Å². The van der Waals surface area contributed by atoms with Crippen LogP contribution in [0.25, 0.3) is 0 Å². The van der Waals surface area contributed by atoms with E-state index in [0.717, 1.165) is 16.8 Å². The number of hydrogen-bond donors (Lipinski definition) is 4. The Labute approximate surface area is 176 Å². The van der Waals surface area contributed by atoms with E-state index in [1.54, 1.807) is 38.4 Å². The van der Waals surface area contributed by atoms with Gasteiger partial charge in [-0.1, -0.05) is 18.2 Å². The number of aryl methyl sites for hydroxylation is 2. The first-order chi connectivity index (χ1) is 14.3. The Balaban J connectivity index is 1.73. The van der Waals surface area contributed by atoms with Gasteiger partial charge in [0, 0.05) is 11.4 Å². The van der Waals surface area contributed by atoms with Crippen LogP contribution in [-0.2, 0) is 14.4 Å². The minimum Gasteiger partial charge on any atom is -0.497 e. The first-order valence-electron chi connectivity index (χ1n) is 9.66. The molecule has 0 saturated carbocycles. The molecule has 0 aliphatic carbocycles. The molecule has 8 heteroatoms. The van der Waals surface area contributed by atoms with Gasteiger partial charge in [0.05, 0.1) is 20.7 Å². The normalized spacial score (nSPS) is 11.3. The van der Waals surface area contributed by atoms with E-state index in [4.69, 9.17) is 4.74 Å². The molecular weight excluding hydrogens is 384 g/mol. The SMILES string of the molecule is COc1ccc(NC(=O)C[NH+](C)CC(=O)NCC(=O)Nc2c(C)cccc2C)cc1. The summed E-state index contributed by atoms with van der Waals surface area (Å²) in [4.78, 5) is 37.1. The summed E-state index contributed by atoms with van der Waals surface area (Å²) in [6.45, 7) is 3.89. The van der Waals surface area contributed by atoms with Gasteiger partial charge in [-0.3, -0.25) is 14.4 Å². The molecule has 2 aromatic rings. The molecule has 3 amide bonds. The van der Waals surface area contributed by atoms with E-state index in [9.17, 15) is 14.4 Å². The fraction of sp³-hybridized carbons (Fsp3) is 0.318. The number of rotatable bonds is 9. The third-order valence-corrected chi connectivity index (χ3v) is 4.49. The highest BCUT2D eigenvalue weighted by Crippen LogP contribution is 2.19. The number of carbonyl (C=O) groups excluding carboxylic acids is 3. The molecule has 2 aromatic carbocycles. The first kappa shape index (κ1) is 22.9. The number of quaternary nitrogens is 1. The molecule has 0 bridgehead atoms. The van der Waals surface area contributed by atoms with Crippen LogP contribution in [-0.4, -0.2) is 51.5 Å². The molecule has 0 heterocycles. The number of anilines is 2. The van der Waals surface area contributed by atoms with Gasteiger partial charge in [0.1, 0.15) is 5.75 Å².